The number of carbonyl (C=O) groups excluding carboxylic acids is 2. The fourth-order valence-corrected chi connectivity index (χ4v) is 9.62. The van der Waals surface area contributed by atoms with Gasteiger partial charge in [0, 0.05) is 44.5 Å². The van der Waals surface area contributed by atoms with Crippen molar-refractivity contribution in [3.8, 4) is 57.1 Å². The van der Waals surface area contributed by atoms with Gasteiger partial charge in [-0.3, -0.25) is 0 Å². The highest BCUT2D eigenvalue weighted by atomic mass is 16.8. The third-order valence-corrected chi connectivity index (χ3v) is 12.9. The third-order valence-electron chi connectivity index (χ3n) is 12.9. The minimum Gasteiger partial charge on any atom is -0.504 e. The van der Waals surface area contributed by atoms with Crippen molar-refractivity contribution in [2.45, 2.75) is 43.7 Å². The first-order chi connectivity index (χ1) is 35.9. The van der Waals surface area contributed by atoms with Crippen molar-refractivity contribution in [1.29, 1.82) is 0 Å². The van der Waals surface area contributed by atoms with Gasteiger partial charge in [-0.05, 0) is 57.2 Å². The van der Waals surface area contributed by atoms with Crippen LogP contribution < -0.4 is 33.2 Å². The first-order valence-electron chi connectivity index (χ1n) is 24.1. The van der Waals surface area contributed by atoms with E-state index in [9.17, 15) is 14.7 Å². The molecule has 0 saturated heterocycles. The molecule has 0 fully saturated rings. The molecule has 12 rings (SSSR count). The summed E-state index contributed by atoms with van der Waals surface area (Å²) in [5, 5.41) is 11.6. The largest absolute Gasteiger partial charge is 0.504 e. The highest BCUT2D eigenvalue weighted by Crippen LogP contribution is 2.60. The summed E-state index contributed by atoms with van der Waals surface area (Å²) in [6, 6.07) is 66.0. The van der Waals surface area contributed by atoms with Gasteiger partial charge < -0.3 is 43.0 Å². The molecule has 3 aliphatic rings. The zero-order chi connectivity index (χ0) is 50.7. The number of carbonyl (C=O) groups is 2. The van der Waals surface area contributed by atoms with Crippen LogP contribution in [0.5, 0.6) is 46.0 Å². The Morgan fingerprint density at radius 2 is 0.757 bits per heavy atom. The number of hydrogen-bond donors (Lipinski definition) is 1. The molecule has 0 atom stereocenters. The van der Waals surface area contributed by atoms with E-state index in [0.717, 1.165) is 0 Å². The number of aromatic hydroxyl groups is 1. The maximum Gasteiger partial charge on any atom is 0.343 e. The Bertz CT molecular complexity index is 3460. The van der Waals surface area contributed by atoms with Crippen LogP contribution in [-0.2, 0) is 22.1 Å². The molecule has 11 nitrogen and oxygen atoms in total. The monoisotopic (exact) mass is 978 g/mol. The number of rotatable bonds is 10. The van der Waals surface area contributed by atoms with Crippen LogP contribution in [0, 0.1) is 0 Å². The summed E-state index contributed by atoms with van der Waals surface area (Å²) in [6.07, 6.45) is 0. The molecule has 11 heteroatoms. The van der Waals surface area contributed by atoms with Crippen LogP contribution in [-0.4, -0.2) is 22.6 Å². The molecule has 9 aromatic carbocycles. The topological polar surface area (TPSA) is 128 Å². The summed E-state index contributed by atoms with van der Waals surface area (Å²) in [5.74, 6) is -5.40. The Balaban J connectivity index is 1.01. The third kappa shape index (κ3) is 7.77. The van der Waals surface area contributed by atoms with Gasteiger partial charge in [0.05, 0.1) is 11.1 Å². The van der Waals surface area contributed by atoms with Crippen molar-refractivity contribution in [2.75, 3.05) is 0 Å². The second-order valence-electron chi connectivity index (χ2n) is 19.0. The fraction of sp³-hybridized carbons (Fsp3) is 0.111. The van der Waals surface area contributed by atoms with Gasteiger partial charge in [-0.25, -0.2) is 9.59 Å². The highest BCUT2D eigenvalue weighted by Gasteiger charge is 2.51. The Hall–Kier alpha value is -9.48. The molecular formula is C63H46O11. The van der Waals surface area contributed by atoms with E-state index in [1.807, 2.05) is 182 Å². The predicted molar refractivity (Wildman–Crippen MR) is 275 cm³/mol. The van der Waals surface area contributed by atoms with Crippen molar-refractivity contribution in [3.63, 3.8) is 0 Å². The standard InChI is InChI=1S/C63H46O11/c1-60(2,3)74-59(66)40-36-49(54-52(38-40)68-61(70-54,42-22-10-4-11-23-42)43-24-12-5-13-25-43)48-34-35-51(57-55(48)71-63(73-57,46-30-18-8-19-31-46)47-32-20-9-21-33-47)67-58(65)41-37-50(64)56-53(39-41)69-62(72-56,44-26-14-6-15-27-44)45-28-16-7-17-29-45/h4-39,64H,1-3H3. The molecule has 0 radical (unpaired) electrons. The average molecular weight is 979 g/mol. The van der Waals surface area contributed by atoms with Gasteiger partial charge in [0.2, 0.25) is 11.5 Å². The van der Waals surface area contributed by atoms with Crippen molar-refractivity contribution < 1.29 is 52.6 Å². The van der Waals surface area contributed by atoms with Crippen LogP contribution in [0.15, 0.2) is 218 Å². The maximum absolute atomic E-state index is 14.6. The SMILES string of the molecule is CC(C)(C)OC(=O)c1cc2c(c(-c3ccc(OC(=O)c4cc(O)c5c(c4)OC(c4ccccc4)(c4ccccc4)O5)c4c3OC(c3ccccc3)(c3ccccc3)O4)c1)OC(c1ccccc1)(c1ccccc1)O2. The molecular weight excluding hydrogens is 933 g/mol. The number of hydrogen-bond acceptors (Lipinski definition) is 11. The van der Waals surface area contributed by atoms with E-state index in [2.05, 4.69) is 0 Å². The van der Waals surface area contributed by atoms with Gasteiger partial charge >= 0.3 is 29.3 Å². The van der Waals surface area contributed by atoms with Crippen molar-refractivity contribution in [3.05, 3.63) is 263 Å². The van der Waals surface area contributed by atoms with Crippen LogP contribution in [0.2, 0.25) is 0 Å². The maximum atomic E-state index is 14.6. The lowest BCUT2D eigenvalue weighted by Gasteiger charge is -2.29. The zero-order valence-corrected chi connectivity index (χ0v) is 40.3. The van der Waals surface area contributed by atoms with Crippen LogP contribution in [0.4, 0.5) is 0 Å². The van der Waals surface area contributed by atoms with Crippen LogP contribution >= 0.6 is 0 Å². The van der Waals surface area contributed by atoms with Gasteiger partial charge in [-0.1, -0.05) is 182 Å². The molecule has 364 valence electrons. The van der Waals surface area contributed by atoms with Gasteiger partial charge in [0.1, 0.15) is 5.60 Å². The Kier molecular flexibility index (Phi) is 10.9. The lowest BCUT2D eigenvalue weighted by molar-refractivity contribution is -0.0471. The first-order valence-corrected chi connectivity index (χ1v) is 24.1. The molecule has 0 unspecified atom stereocenters. The second-order valence-corrected chi connectivity index (χ2v) is 19.0. The summed E-state index contributed by atoms with van der Waals surface area (Å²) in [6.45, 7) is 5.40. The molecule has 74 heavy (non-hydrogen) atoms. The average Bonchev–Trinajstić information content (AvgIpc) is 4.17. The Morgan fingerprint density at radius 1 is 0.392 bits per heavy atom. The molecule has 0 amide bonds. The molecule has 9 aromatic rings. The van der Waals surface area contributed by atoms with E-state index >= 15 is 0 Å². The minimum atomic E-state index is -1.63. The Morgan fingerprint density at radius 3 is 1.19 bits per heavy atom. The van der Waals surface area contributed by atoms with Gasteiger partial charge in [-0.2, -0.15) is 0 Å². The second kappa shape index (κ2) is 17.7. The molecule has 0 bridgehead atoms. The fourth-order valence-electron chi connectivity index (χ4n) is 9.62. The van der Waals surface area contributed by atoms with E-state index in [1.54, 1.807) is 45.0 Å². The van der Waals surface area contributed by atoms with Crippen molar-refractivity contribution in [2.24, 2.45) is 0 Å². The highest BCUT2D eigenvalue weighted by molar-refractivity contribution is 5.96. The number of ether oxygens (including phenoxy) is 8. The molecule has 3 aliphatic heterocycles. The summed E-state index contributed by atoms with van der Waals surface area (Å²) in [4.78, 5) is 28.8. The number of phenolic OH excluding ortho intramolecular Hbond substituents is 1. The van der Waals surface area contributed by atoms with Crippen LogP contribution in [0.1, 0.15) is 74.9 Å². The quantitative estimate of drug-likeness (QED) is 0.104. The molecule has 0 aromatic heterocycles. The number of phenols is 1. The summed E-state index contributed by atoms with van der Waals surface area (Å²) in [7, 11) is 0. The molecule has 3 heterocycles. The van der Waals surface area contributed by atoms with Crippen LogP contribution in [0.25, 0.3) is 11.1 Å². The van der Waals surface area contributed by atoms with E-state index in [4.69, 9.17) is 37.9 Å². The smallest absolute Gasteiger partial charge is 0.343 e. The molecule has 0 spiro atoms. The summed E-state index contributed by atoms with van der Waals surface area (Å²) >= 11 is 0. The zero-order valence-electron chi connectivity index (χ0n) is 40.3. The first kappa shape index (κ1) is 45.6. The van der Waals surface area contributed by atoms with Gasteiger partial charge in [0.15, 0.2) is 34.5 Å². The number of esters is 2. The van der Waals surface area contributed by atoms with E-state index in [0.29, 0.717) is 50.3 Å². The van der Waals surface area contributed by atoms with E-state index in [1.165, 1.54) is 12.1 Å². The van der Waals surface area contributed by atoms with Gasteiger partial charge in [0.25, 0.3) is 0 Å². The van der Waals surface area contributed by atoms with E-state index in [-0.39, 0.29) is 51.4 Å². The summed E-state index contributed by atoms with van der Waals surface area (Å²) in [5.41, 5.74) is 4.12. The molecule has 0 saturated carbocycles. The van der Waals surface area contributed by atoms with Crippen molar-refractivity contribution in [1.82, 2.24) is 0 Å². The number of fused-ring (bicyclic) bond motifs is 3. The Labute approximate surface area is 426 Å². The lowest BCUT2D eigenvalue weighted by atomic mass is 9.97. The van der Waals surface area contributed by atoms with Crippen molar-refractivity contribution >= 4 is 11.9 Å². The van der Waals surface area contributed by atoms with Crippen LogP contribution in [0.3, 0.4) is 0 Å². The molecule has 0 aliphatic carbocycles. The normalized spacial score (nSPS) is 15.0. The predicted octanol–water partition coefficient (Wildman–Crippen LogP) is 13.3. The van der Waals surface area contributed by atoms with Gasteiger partial charge in [-0.15, -0.1) is 0 Å². The molecule has 1 N–H and O–H groups in total. The van der Waals surface area contributed by atoms with E-state index < -0.39 is 34.9 Å². The number of benzene rings is 9. The lowest BCUT2D eigenvalue weighted by Crippen LogP contribution is -2.37. The summed E-state index contributed by atoms with van der Waals surface area (Å²) < 4.78 is 53.8. The minimum absolute atomic E-state index is 0.0115.